The van der Waals surface area contributed by atoms with E-state index in [1.54, 1.807) is 0 Å². The number of hydrogen-bond acceptors (Lipinski definition) is 7. The number of rotatable bonds is 4. The highest BCUT2D eigenvalue weighted by molar-refractivity contribution is 5.52. The van der Waals surface area contributed by atoms with E-state index in [1.165, 1.54) is 6.42 Å². The van der Waals surface area contributed by atoms with Crippen molar-refractivity contribution in [1.29, 1.82) is 0 Å². The summed E-state index contributed by atoms with van der Waals surface area (Å²) in [4.78, 5) is 13.0. The van der Waals surface area contributed by atoms with Crippen LogP contribution in [0.5, 0.6) is 0 Å². The fraction of sp³-hybridized carbons (Fsp3) is 0.667. The minimum Gasteiger partial charge on any atom is -0.368 e. The quantitative estimate of drug-likeness (QED) is 0.531. The third-order valence-electron chi connectivity index (χ3n) is 3.73. The van der Waals surface area contributed by atoms with Crippen molar-refractivity contribution in [3.63, 3.8) is 0 Å². The van der Waals surface area contributed by atoms with Gasteiger partial charge >= 0.3 is 0 Å². The normalized spacial score (nSPS) is 18.4. The molecule has 2 heterocycles. The second-order valence-corrected chi connectivity index (χ2v) is 4.89. The molecule has 1 aromatic heterocycles. The highest BCUT2D eigenvalue weighted by atomic mass is 15.3. The molecule has 1 aliphatic heterocycles. The molecule has 0 amide bonds. The van der Waals surface area contributed by atoms with Crippen LogP contribution in [0, 0.1) is 0 Å². The maximum absolute atomic E-state index is 5.68. The van der Waals surface area contributed by atoms with Gasteiger partial charge in [0.1, 0.15) is 11.6 Å². The smallest absolute Gasteiger partial charge is 0.223 e. The third-order valence-corrected chi connectivity index (χ3v) is 3.73. The molecule has 0 saturated carbocycles. The van der Waals surface area contributed by atoms with E-state index in [2.05, 4.69) is 39.0 Å². The van der Waals surface area contributed by atoms with Gasteiger partial charge in [0.25, 0.3) is 0 Å². The van der Waals surface area contributed by atoms with Crippen molar-refractivity contribution in [3.8, 4) is 0 Å². The summed E-state index contributed by atoms with van der Waals surface area (Å²) in [6.07, 6.45) is 1.18. The van der Waals surface area contributed by atoms with Crippen molar-refractivity contribution in [2.45, 2.75) is 26.3 Å². The van der Waals surface area contributed by atoms with Crippen LogP contribution < -0.4 is 21.9 Å². The number of hydrazine groups is 1. The topological polar surface area (TPSA) is 96.3 Å². The van der Waals surface area contributed by atoms with Gasteiger partial charge in [-0.1, -0.05) is 6.92 Å². The van der Waals surface area contributed by atoms with Crippen molar-refractivity contribution >= 4 is 17.6 Å². The van der Waals surface area contributed by atoms with Crippen LogP contribution in [0.25, 0.3) is 0 Å². The van der Waals surface area contributed by atoms with Crippen LogP contribution in [-0.4, -0.2) is 47.1 Å². The molecule has 1 saturated heterocycles. The summed E-state index contributed by atoms with van der Waals surface area (Å²) in [5, 5.41) is 0. The van der Waals surface area contributed by atoms with Crippen molar-refractivity contribution in [2.75, 3.05) is 42.2 Å². The Labute approximate surface area is 114 Å². The Morgan fingerprint density at radius 3 is 2.58 bits per heavy atom. The molecule has 106 valence electrons. The summed E-state index contributed by atoms with van der Waals surface area (Å²) >= 11 is 0. The van der Waals surface area contributed by atoms with Crippen LogP contribution in [0.3, 0.4) is 0 Å². The number of nitrogens with zero attached hydrogens (tertiary/aromatic N) is 4. The number of nitrogen functional groups attached to an aromatic ring is 2. The average Bonchev–Trinajstić information content (AvgIpc) is 2.46. The summed E-state index contributed by atoms with van der Waals surface area (Å²) in [5.41, 5.74) is 8.20. The lowest BCUT2D eigenvalue weighted by atomic mass is 10.2. The van der Waals surface area contributed by atoms with Crippen LogP contribution >= 0.6 is 0 Å². The van der Waals surface area contributed by atoms with Gasteiger partial charge in [0.15, 0.2) is 0 Å². The Morgan fingerprint density at radius 1 is 1.32 bits per heavy atom. The maximum Gasteiger partial charge on any atom is 0.223 e. The van der Waals surface area contributed by atoms with Gasteiger partial charge in [-0.3, -0.25) is 4.90 Å². The first-order valence-corrected chi connectivity index (χ1v) is 6.74. The van der Waals surface area contributed by atoms with Gasteiger partial charge < -0.3 is 16.1 Å². The Balaban J connectivity index is 2.03. The zero-order chi connectivity index (χ0) is 13.8. The van der Waals surface area contributed by atoms with Gasteiger partial charge in [-0.05, 0) is 13.3 Å². The van der Waals surface area contributed by atoms with E-state index >= 15 is 0 Å². The minimum absolute atomic E-state index is 0.245. The van der Waals surface area contributed by atoms with Gasteiger partial charge in [-0.15, -0.1) is 0 Å². The number of piperazine rings is 1. The largest absolute Gasteiger partial charge is 0.368 e. The van der Waals surface area contributed by atoms with E-state index in [0.29, 0.717) is 11.9 Å². The second-order valence-electron chi connectivity index (χ2n) is 4.89. The van der Waals surface area contributed by atoms with E-state index < -0.39 is 0 Å². The fourth-order valence-electron chi connectivity index (χ4n) is 2.34. The SMILES string of the molecule is CCC(C)N1CCN(c2cc(NN)nc(N)n2)CC1. The fourth-order valence-corrected chi connectivity index (χ4v) is 2.34. The minimum atomic E-state index is 0.245. The van der Waals surface area contributed by atoms with Crippen LogP contribution in [-0.2, 0) is 0 Å². The molecule has 0 aromatic carbocycles. The Morgan fingerprint density at radius 2 is 2.00 bits per heavy atom. The van der Waals surface area contributed by atoms with Crippen LogP contribution in [0.15, 0.2) is 6.07 Å². The van der Waals surface area contributed by atoms with Crippen molar-refractivity contribution in [3.05, 3.63) is 6.07 Å². The summed E-state index contributed by atoms with van der Waals surface area (Å²) in [6, 6.07) is 2.47. The van der Waals surface area contributed by atoms with Crippen LogP contribution in [0.4, 0.5) is 17.6 Å². The lowest BCUT2D eigenvalue weighted by molar-refractivity contribution is 0.192. The molecule has 7 heteroatoms. The zero-order valence-corrected chi connectivity index (χ0v) is 11.6. The number of nitrogens with two attached hydrogens (primary N) is 2. The van der Waals surface area contributed by atoms with Gasteiger partial charge in [-0.25, -0.2) is 5.84 Å². The molecule has 2 rings (SSSR count). The molecular weight excluding hydrogens is 242 g/mol. The van der Waals surface area contributed by atoms with Gasteiger partial charge in [0.05, 0.1) is 0 Å². The maximum atomic E-state index is 5.68. The van der Waals surface area contributed by atoms with E-state index in [4.69, 9.17) is 11.6 Å². The molecule has 1 unspecified atom stereocenters. The molecule has 1 aliphatic rings. The van der Waals surface area contributed by atoms with E-state index in [1.807, 2.05) is 6.07 Å². The predicted molar refractivity (Wildman–Crippen MR) is 77.8 cm³/mol. The van der Waals surface area contributed by atoms with Crippen molar-refractivity contribution < 1.29 is 0 Å². The Bertz CT molecular complexity index is 415. The van der Waals surface area contributed by atoms with Crippen molar-refractivity contribution in [2.24, 2.45) is 5.84 Å². The van der Waals surface area contributed by atoms with E-state index in [-0.39, 0.29) is 5.95 Å². The molecule has 1 aromatic rings. The molecule has 0 spiro atoms. The van der Waals surface area contributed by atoms with Crippen molar-refractivity contribution in [1.82, 2.24) is 14.9 Å². The second kappa shape index (κ2) is 6.03. The molecule has 0 aliphatic carbocycles. The first kappa shape index (κ1) is 13.8. The highest BCUT2D eigenvalue weighted by Crippen LogP contribution is 2.19. The molecule has 1 atom stereocenters. The average molecular weight is 265 g/mol. The predicted octanol–water partition coefficient (Wildman–Crippen LogP) is 0.265. The summed E-state index contributed by atoms with van der Waals surface area (Å²) in [6.45, 7) is 8.49. The number of aromatic nitrogens is 2. The highest BCUT2D eigenvalue weighted by Gasteiger charge is 2.21. The third kappa shape index (κ3) is 3.24. The van der Waals surface area contributed by atoms with Crippen LogP contribution in [0.2, 0.25) is 0 Å². The van der Waals surface area contributed by atoms with Gasteiger partial charge in [-0.2, -0.15) is 9.97 Å². The van der Waals surface area contributed by atoms with E-state index in [9.17, 15) is 0 Å². The summed E-state index contributed by atoms with van der Waals surface area (Å²) < 4.78 is 0. The van der Waals surface area contributed by atoms with Gasteiger partial charge in [0.2, 0.25) is 5.95 Å². The Hall–Kier alpha value is -1.60. The number of nitrogens with one attached hydrogen (secondary N) is 1. The molecule has 0 bridgehead atoms. The Kier molecular flexibility index (Phi) is 4.39. The number of anilines is 3. The van der Waals surface area contributed by atoms with Crippen LogP contribution in [0.1, 0.15) is 20.3 Å². The first-order valence-electron chi connectivity index (χ1n) is 6.74. The molecule has 1 fully saturated rings. The standard InChI is InChI=1S/C12H23N7/c1-3-9(2)18-4-6-19(7-5-18)11-8-10(17-14)15-12(13)16-11/h8-9H,3-7,14H2,1-2H3,(H3,13,15,16,17). The molecule has 19 heavy (non-hydrogen) atoms. The molecule has 7 nitrogen and oxygen atoms in total. The monoisotopic (exact) mass is 265 g/mol. The zero-order valence-electron chi connectivity index (χ0n) is 11.6. The first-order chi connectivity index (χ1) is 9.13. The molecular formula is C12H23N7. The summed E-state index contributed by atoms with van der Waals surface area (Å²) in [5.74, 6) is 7.00. The van der Waals surface area contributed by atoms with Gasteiger partial charge in [0, 0.05) is 38.3 Å². The van der Waals surface area contributed by atoms with E-state index in [0.717, 1.165) is 32.0 Å². The molecule has 0 radical (unpaired) electrons. The lowest BCUT2D eigenvalue weighted by Gasteiger charge is -2.38. The lowest BCUT2D eigenvalue weighted by Crippen LogP contribution is -2.49. The number of hydrogen-bond donors (Lipinski definition) is 3. The molecule has 5 N–H and O–H groups in total. The summed E-state index contributed by atoms with van der Waals surface area (Å²) in [7, 11) is 0.